The molecule has 292 valence electrons. The fourth-order valence-corrected chi connectivity index (χ4v) is 6.79. The van der Waals surface area contributed by atoms with Crippen molar-refractivity contribution in [2.45, 2.75) is 122 Å². The van der Waals surface area contributed by atoms with Gasteiger partial charge >= 0.3 is 6.09 Å². The zero-order valence-corrected chi connectivity index (χ0v) is 33.3. The second kappa shape index (κ2) is 21.8. The lowest BCUT2D eigenvalue weighted by atomic mass is 9.90. The highest BCUT2D eigenvalue weighted by molar-refractivity contribution is 7.97. The monoisotopic (exact) mass is 755 g/mol. The van der Waals surface area contributed by atoms with Crippen LogP contribution in [0.5, 0.6) is 17.2 Å². The Kier molecular flexibility index (Phi) is 17.9. The summed E-state index contributed by atoms with van der Waals surface area (Å²) < 4.78 is 52.7. The number of amides is 2. The van der Waals surface area contributed by atoms with Crippen LogP contribution in [0.2, 0.25) is 0 Å². The second-order valence-electron chi connectivity index (χ2n) is 13.7. The summed E-state index contributed by atoms with van der Waals surface area (Å²) in [4.78, 5) is 28.3. The van der Waals surface area contributed by atoms with Crippen LogP contribution >= 0.6 is 11.9 Å². The van der Waals surface area contributed by atoms with Crippen LogP contribution in [-0.2, 0) is 15.5 Å². The van der Waals surface area contributed by atoms with Gasteiger partial charge in [-0.3, -0.25) is 4.79 Å². The molecule has 0 aromatic heterocycles. The van der Waals surface area contributed by atoms with Crippen molar-refractivity contribution in [2.75, 3.05) is 19.7 Å². The number of carbonyl (C=O) groups excluding carboxylic acids is 2. The summed E-state index contributed by atoms with van der Waals surface area (Å²) in [5.74, 6) is -2.00. The third-order valence-corrected chi connectivity index (χ3v) is 9.55. The molecule has 0 bridgehead atoms. The first-order valence-electron chi connectivity index (χ1n) is 19.1. The Morgan fingerprint density at radius 2 is 1.36 bits per heavy atom. The minimum absolute atomic E-state index is 0.217. The second-order valence-corrected chi connectivity index (χ2v) is 14.7. The predicted octanol–water partition coefficient (Wildman–Crippen LogP) is 10.8. The van der Waals surface area contributed by atoms with Gasteiger partial charge in [-0.05, 0) is 125 Å². The predicted molar refractivity (Wildman–Crippen MR) is 210 cm³/mol. The number of alkyl carbamates (subject to hydrolysis) is 1. The first-order valence-corrected chi connectivity index (χ1v) is 19.9. The van der Waals surface area contributed by atoms with Gasteiger partial charge in [0.05, 0.1) is 6.61 Å². The van der Waals surface area contributed by atoms with Crippen LogP contribution in [-0.4, -0.2) is 54.3 Å². The zero-order chi connectivity index (χ0) is 38.9. The minimum Gasteiger partial charge on any atom is -0.493 e. The van der Waals surface area contributed by atoms with Gasteiger partial charge in [0.1, 0.15) is 22.8 Å². The third kappa shape index (κ3) is 14.2. The molecule has 1 unspecified atom stereocenters. The van der Waals surface area contributed by atoms with Gasteiger partial charge in [0.15, 0.2) is 6.04 Å². The molecule has 1 atom stereocenters. The topological polar surface area (TPSA) is 89.1 Å². The summed E-state index contributed by atoms with van der Waals surface area (Å²) in [7, 11) is 0. The fourth-order valence-electron chi connectivity index (χ4n) is 6.02. The van der Waals surface area contributed by atoms with E-state index in [1.54, 1.807) is 45.0 Å². The van der Waals surface area contributed by atoms with E-state index in [9.17, 15) is 9.59 Å². The van der Waals surface area contributed by atoms with Gasteiger partial charge in [0.2, 0.25) is 5.91 Å². The summed E-state index contributed by atoms with van der Waals surface area (Å²) >= 11 is 0.985. The van der Waals surface area contributed by atoms with Crippen molar-refractivity contribution in [2.24, 2.45) is 5.92 Å². The number of piperidine rings is 1. The number of alkyl halides is 2. The molecule has 3 aromatic carbocycles. The summed E-state index contributed by atoms with van der Waals surface area (Å²) in [5, 5.41) is 2.83. The summed E-state index contributed by atoms with van der Waals surface area (Å²) in [6.07, 6.45) is 6.44. The number of nitrogens with zero attached hydrogens (tertiary/aromatic N) is 1. The van der Waals surface area contributed by atoms with Crippen LogP contribution in [0.15, 0.2) is 83.8 Å². The minimum atomic E-state index is -3.57. The van der Waals surface area contributed by atoms with Crippen LogP contribution in [0.25, 0.3) is 0 Å². The Balaban J connectivity index is 0.00000183. The first kappa shape index (κ1) is 43.6. The van der Waals surface area contributed by atoms with Crippen molar-refractivity contribution in [3.05, 3.63) is 84.4 Å². The van der Waals surface area contributed by atoms with Crippen molar-refractivity contribution in [1.82, 2.24) is 14.9 Å². The van der Waals surface area contributed by atoms with Crippen molar-refractivity contribution in [3.63, 3.8) is 0 Å². The molecule has 1 aliphatic heterocycles. The average Bonchev–Trinajstić information content (AvgIpc) is 3.16. The molecule has 8 nitrogen and oxygen atoms in total. The smallest absolute Gasteiger partial charge is 0.407 e. The van der Waals surface area contributed by atoms with Crippen molar-refractivity contribution in [3.8, 4) is 17.2 Å². The van der Waals surface area contributed by atoms with Crippen LogP contribution in [0.4, 0.5) is 13.6 Å². The Hall–Kier alpha value is -3.83. The Labute approximate surface area is 319 Å². The van der Waals surface area contributed by atoms with Gasteiger partial charge in [-0.1, -0.05) is 65.2 Å². The maximum atomic E-state index is 16.4. The van der Waals surface area contributed by atoms with E-state index in [0.29, 0.717) is 41.8 Å². The molecule has 1 saturated carbocycles. The highest BCUT2D eigenvalue weighted by Crippen LogP contribution is 2.37. The summed E-state index contributed by atoms with van der Waals surface area (Å²) in [6.45, 7) is 14.5. The lowest BCUT2D eigenvalue weighted by Gasteiger charge is -2.36. The number of carbonyl (C=O) groups is 2. The van der Waals surface area contributed by atoms with Gasteiger partial charge < -0.3 is 24.4 Å². The SMILES string of the molecule is CC.CC.CC(C)(C)OC(=O)NC1CCN(C(=O)C(NSc2ccc(OCC3CCCCC3)cc2)C(F)(F)c2ccc(Oc3ccccc3)cc2)CC1. The molecule has 3 aromatic rings. The van der Waals surface area contributed by atoms with Gasteiger partial charge in [-0.15, -0.1) is 0 Å². The highest BCUT2D eigenvalue weighted by atomic mass is 32.2. The molecule has 2 amide bonds. The quantitative estimate of drug-likeness (QED) is 0.178. The maximum absolute atomic E-state index is 16.4. The van der Waals surface area contributed by atoms with E-state index in [0.717, 1.165) is 17.7 Å². The van der Waals surface area contributed by atoms with Gasteiger partial charge in [0, 0.05) is 29.6 Å². The fraction of sp³-hybridized carbons (Fsp3) is 0.524. The molecule has 0 spiro atoms. The Morgan fingerprint density at radius 3 is 1.94 bits per heavy atom. The summed E-state index contributed by atoms with van der Waals surface area (Å²) in [5.41, 5.74) is -0.955. The number of hydrogen-bond donors (Lipinski definition) is 2. The zero-order valence-electron chi connectivity index (χ0n) is 32.5. The van der Waals surface area contributed by atoms with Crippen LogP contribution in [0.3, 0.4) is 0 Å². The standard InChI is InChI=1S/C38H47F2N3O5S.2C2H6/c1-37(2,3)48-36(45)41-29-22-24-43(25-23-29)35(44)34(38(39,40)28-14-16-32(17-15-28)47-31-12-8-5-9-13-31)42-49-33-20-18-30(19-21-33)46-26-27-10-6-4-7-11-27;2*1-2/h5,8-9,12-21,27,29,34,42H,4,6-7,10-11,22-26H2,1-3H3,(H,41,45);2*1-2H3. The molecule has 2 N–H and O–H groups in total. The first-order chi connectivity index (χ1) is 25.5. The molecule has 1 heterocycles. The lowest BCUT2D eigenvalue weighted by molar-refractivity contribution is -0.145. The molecule has 5 rings (SSSR count). The van der Waals surface area contributed by atoms with E-state index >= 15 is 8.78 Å². The average molecular weight is 756 g/mol. The number of benzene rings is 3. The molecule has 1 aliphatic carbocycles. The number of nitrogens with one attached hydrogen (secondary N) is 2. The largest absolute Gasteiger partial charge is 0.493 e. The van der Waals surface area contributed by atoms with E-state index in [1.807, 2.05) is 58.0 Å². The number of halogens is 2. The molecule has 11 heteroatoms. The Morgan fingerprint density at radius 1 is 0.792 bits per heavy atom. The number of likely N-dealkylation sites (tertiary alicyclic amines) is 1. The van der Waals surface area contributed by atoms with E-state index in [2.05, 4.69) is 10.0 Å². The van der Waals surface area contributed by atoms with Gasteiger partial charge in [0.25, 0.3) is 5.92 Å². The normalized spacial score (nSPS) is 15.8. The third-order valence-electron chi connectivity index (χ3n) is 8.68. The van der Waals surface area contributed by atoms with E-state index < -0.39 is 29.6 Å². The lowest BCUT2D eigenvalue weighted by Crippen LogP contribution is -2.56. The molecule has 53 heavy (non-hydrogen) atoms. The van der Waals surface area contributed by atoms with Crippen molar-refractivity contribution >= 4 is 23.9 Å². The number of hydrogen-bond acceptors (Lipinski definition) is 7. The molecule has 2 aliphatic rings. The highest BCUT2D eigenvalue weighted by Gasteiger charge is 2.48. The molecule has 0 radical (unpaired) electrons. The van der Waals surface area contributed by atoms with E-state index in [1.165, 1.54) is 61.3 Å². The van der Waals surface area contributed by atoms with E-state index in [-0.39, 0.29) is 24.7 Å². The van der Waals surface area contributed by atoms with Crippen LogP contribution in [0, 0.1) is 5.92 Å². The van der Waals surface area contributed by atoms with Crippen LogP contribution in [0.1, 0.15) is 99.0 Å². The Bertz CT molecular complexity index is 1490. The number of para-hydroxylation sites is 1. The van der Waals surface area contributed by atoms with Gasteiger partial charge in [-0.2, -0.15) is 8.78 Å². The van der Waals surface area contributed by atoms with Crippen molar-refractivity contribution in [1.29, 1.82) is 0 Å². The van der Waals surface area contributed by atoms with Crippen LogP contribution < -0.4 is 19.5 Å². The molecular weight excluding hydrogens is 697 g/mol. The summed E-state index contributed by atoms with van der Waals surface area (Å²) in [6, 6.07) is 19.8. The molecular formula is C42H59F2N3O5S. The van der Waals surface area contributed by atoms with Gasteiger partial charge in [-0.25, -0.2) is 9.52 Å². The van der Waals surface area contributed by atoms with E-state index in [4.69, 9.17) is 14.2 Å². The number of rotatable bonds is 12. The maximum Gasteiger partial charge on any atom is 0.407 e. The molecule has 1 saturated heterocycles. The number of ether oxygens (including phenoxy) is 3. The molecule has 2 fully saturated rings. The van der Waals surface area contributed by atoms with Crippen molar-refractivity contribution < 1.29 is 32.6 Å².